The minimum Gasteiger partial charge on any atom is -0.343 e. The normalized spacial score (nSPS) is 33.7. The van der Waals surface area contributed by atoms with Gasteiger partial charge in [-0.25, -0.2) is 0 Å². The zero-order valence-corrected chi connectivity index (χ0v) is 9.70. The largest absolute Gasteiger partial charge is 0.343 e. The van der Waals surface area contributed by atoms with E-state index in [1.54, 1.807) is 0 Å². The number of nitrogens with one attached hydrogen (secondary N) is 1. The summed E-state index contributed by atoms with van der Waals surface area (Å²) in [5, 5.41) is 3.43. The van der Waals surface area contributed by atoms with Crippen LogP contribution in [0.2, 0.25) is 0 Å². The molecule has 0 radical (unpaired) electrons. The molecule has 0 aromatic heterocycles. The number of amides is 1. The van der Waals surface area contributed by atoms with Crippen LogP contribution < -0.4 is 5.32 Å². The molecule has 2 saturated heterocycles. The molecule has 15 heavy (non-hydrogen) atoms. The Kier molecular flexibility index (Phi) is 3.26. The van der Waals surface area contributed by atoms with Crippen molar-refractivity contribution in [3.8, 4) is 0 Å². The van der Waals surface area contributed by atoms with E-state index in [0.29, 0.717) is 12.6 Å². The van der Waals surface area contributed by atoms with Crippen molar-refractivity contribution in [3.05, 3.63) is 0 Å². The number of hydrogen-bond donors (Lipinski definition) is 1. The number of piperazine rings is 1. The minimum absolute atomic E-state index is 0.267. The van der Waals surface area contributed by atoms with E-state index in [-0.39, 0.29) is 5.91 Å². The third-order valence-corrected chi connectivity index (χ3v) is 3.78. The zero-order chi connectivity index (χ0) is 10.8. The third-order valence-electron chi connectivity index (χ3n) is 3.78. The Balaban J connectivity index is 1.96. The van der Waals surface area contributed by atoms with Gasteiger partial charge >= 0.3 is 0 Å². The van der Waals surface area contributed by atoms with Gasteiger partial charge in [-0.1, -0.05) is 13.3 Å². The monoisotopic (exact) mass is 211 g/mol. The molecule has 0 aliphatic carbocycles. The van der Waals surface area contributed by atoms with Crippen LogP contribution >= 0.6 is 0 Å². The average molecular weight is 211 g/mol. The summed E-state index contributed by atoms with van der Waals surface area (Å²) in [5.74, 6) is 0.990. The summed E-state index contributed by atoms with van der Waals surface area (Å²) in [7, 11) is 1.89. The highest BCUT2D eigenvalue weighted by atomic mass is 16.2. The Bertz CT molecular complexity index is 244. The molecule has 4 nitrogen and oxygen atoms in total. The predicted octanol–water partition coefficient (Wildman–Crippen LogP) is -0.242. The van der Waals surface area contributed by atoms with Gasteiger partial charge in [0.15, 0.2) is 0 Å². The highest BCUT2D eigenvalue weighted by molar-refractivity contribution is 5.78. The first-order valence-electron chi connectivity index (χ1n) is 5.91. The molecule has 86 valence electrons. The van der Waals surface area contributed by atoms with Crippen LogP contribution in [0.25, 0.3) is 0 Å². The van der Waals surface area contributed by atoms with Crippen molar-refractivity contribution in [1.29, 1.82) is 0 Å². The topological polar surface area (TPSA) is 35.6 Å². The maximum Gasteiger partial charge on any atom is 0.236 e. The molecule has 2 fully saturated rings. The van der Waals surface area contributed by atoms with Gasteiger partial charge in [0.1, 0.15) is 0 Å². The number of carbonyl (C=O) groups excluding carboxylic acids is 1. The molecule has 4 heteroatoms. The number of carbonyl (C=O) groups is 1. The molecular weight excluding hydrogens is 190 g/mol. The van der Waals surface area contributed by atoms with Crippen LogP contribution in [0.1, 0.15) is 13.3 Å². The maximum atomic E-state index is 11.6. The standard InChI is InChI=1S/C11H21N3O/c1-3-9-6-12-7-10(9)14-5-4-13(2)11(15)8-14/h9-10,12H,3-8H2,1-2H3. The van der Waals surface area contributed by atoms with Crippen molar-refractivity contribution in [2.24, 2.45) is 5.92 Å². The summed E-state index contributed by atoms with van der Waals surface area (Å²) in [6.07, 6.45) is 1.21. The molecule has 1 N–H and O–H groups in total. The van der Waals surface area contributed by atoms with Gasteiger partial charge in [-0.15, -0.1) is 0 Å². The fraction of sp³-hybridized carbons (Fsp3) is 0.909. The van der Waals surface area contributed by atoms with Crippen LogP contribution in [0.15, 0.2) is 0 Å². The highest BCUT2D eigenvalue weighted by Gasteiger charge is 2.34. The van der Waals surface area contributed by atoms with Gasteiger partial charge in [-0.2, -0.15) is 0 Å². The molecule has 1 amide bonds. The van der Waals surface area contributed by atoms with Crippen molar-refractivity contribution >= 4 is 5.91 Å². The van der Waals surface area contributed by atoms with Gasteiger partial charge in [-0.3, -0.25) is 9.69 Å². The van der Waals surface area contributed by atoms with Gasteiger partial charge in [0.25, 0.3) is 0 Å². The first-order valence-corrected chi connectivity index (χ1v) is 5.91. The van der Waals surface area contributed by atoms with E-state index in [1.807, 2.05) is 11.9 Å². The fourth-order valence-electron chi connectivity index (χ4n) is 2.62. The minimum atomic E-state index is 0.267. The van der Waals surface area contributed by atoms with E-state index in [0.717, 1.165) is 32.1 Å². The lowest BCUT2D eigenvalue weighted by Gasteiger charge is -2.37. The van der Waals surface area contributed by atoms with Gasteiger partial charge in [0.05, 0.1) is 6.54 Å². The SMILES string of the molecule is CCC1CNCC1N1CCN(C)C(=O)C1. The lowest BCUT2D eigenvalue weighted by molar-refractivity contribution is -0.135. The third kappa shape index (κ3) is 2.16. The molecule has 0 aromatic rings. The highest BCUT2D eigenvalue weighted by Crippen LogP contribution is 2.20. The van der Waals surface area contributed by atoms with Crippen LogP contribution in [0.4, 0.5) is 0 Å². The summed E-state index contributed by atoms with van der Waals surface area (Å²) in [6.45, 7) is 6.93. The van der Waals surface area contributed by atoms with Crippen molar-refractivity contribution in [1.82, 2.24) is 15.1 Å². The number of nitrogens with zero attached hydrogens (tertiary/aromatic N) is 2. The van der Waals surface area contributed by atoms with E-state index in [9.17, 15) is 4.79 Å². The Morgan fingerprint density at radius 3 is 2.87 bits per heavy atom. The van der Waals surface area contributed by atoms with Gasteiger partial charge in [-0.05, 0) is 12.5 Å². The maximum absolute atomic E-state index is 11.6. The zero-order valence-electron chi connectivity index (χ0n) is 9.70. The lowest BCUT2D eigenvalue weighted by Crippen LogP contribution is -2.54. The Morgan fingerprint density at radius 2 is 2.20 bits per heavy atom. The van der Waals surface area contributed by atoms with E-state index in [1.165, 1.54) is 6.42 Å². The van der Waals surface area contributed by atoms with Crippen molar-refractivity contribution in [3.63, 3.8) is 0 Å². The van der Waals surface area contributed by atoms with Crippen LogP contribution in [0.3, 0.4) is 0 Å². The van der Waals surface area contributed by atoms with Gasteiger partial charge in [0, 0.05) is 32.7 Å². The molecule has 0 aromatic carbocycles. The number of hydrogen-bond acceptors (Lipinski definition) is 3. The summed E-state index contributed by atoms with van der Waals surface area (Å²) >= 11 is 0. The predicted molar refractivity (Wildman–Crippen MR) is 59.6 cm³/mol. The smallest absolute Gasteiger partial charge is 0.236 e. The average Bonchev–Trinajstić information content (AvgIpc) is 2.70. The van der Waals surface area contributed by atoms with Gasteiger partial charge in [0.2, 0.25) is 5.91 Å². The Morgan fingerprint density at radius 1 is 1.40 bits per heavy atom. The van der Waals surface area contributed by atoms with Crippen LogP contribution in [-0.2, 0) is 4.79 Å². The summed E-state index contributed by atoms with van der Waals surface area (Å²) in [4.78, 5) is 15.8. The number of rotatable bonds is 2. The summed E-state index contributed by atoms with van der Waals surface area (Å²) in [5.41, 5.74) is 0. The Labute approximate surface area is 91.6 Å². The molecule has 2 atom stereocenters. The van der Waals surface area contributed by atoms with Crippen molar-refractivity contribution in [2.45, 2.75) is 19.4 Å². The second kappa shape index (κ2) is 4.49. The van der Waals surface area contributed by atoms with E-state index in [2.05, 4.69) is 17.1 Å². The quantitative estimate of drug-likeness (QED) is 0.684. The van der Waals surface area contributed by atoms with Gasteiger partial charge < -0.3 is 10.2 Å². The second-order valence-corrected chi connectivity index (χ2v) is 4.68. The molecular formula is C11H21N3O. The molecule has 0 spiro atoms. The molecule has 2 aliphatic rings. The first kappa shape index (κ1) is 10.9. The molecule has 0 saturated carbocycles. The molecule has 2 aliphatic heterocycles. The van der Waals surface area contributed by atoms with E-state index < -0.39 is 0 Å². The summed E-state index contributed by atoms with van der Waals surface area (Å²) < 4.78 is 0. The Hall–Kier alpha value is -0.610. The van der Waals surface area contributed by atoms with E-state index in [4.69, 9.17) is 0 Å². The number of likely N-dealkylation sites (N-methyl/N-ethyl adjacent to an activating group) is 1. The first-order chi connectivity index (χ1) is 7.22. The van der Waals surface area contributed by atoms with Crippen LogP contribution in [-0.4, -0.2) is 61.5 Å². The summed E-state index contributed by atoms with van der Waals surface area (Å²) in [6, 6.07) is 0.577. The van der Waals surface area contributed by atoms with Crippen LogP contribution in [0.5, 0.6) is 0 Å². The van der Waals surface area contributed by atoms with Crippen molar-refractivity contribution in [2.75, 3.05) is 39.8 Å². The van der Waals surface area contributed by atoms with E-state index >= 15 is 0 Å². The molecule has 2 unspecified atom stereocenters. The van der Waals surface area contributed by atoms with Crippen LogP contribution in [0, 0.1) is 5.92 Å². The molecule has 2 rings (SSSR count). The fourth-order valence-corrected chi connectivity index (χ4v) is 2.62. The lowest BCUT2D eigenvalue weighted by atomic mass is 9.98. The van der Waals surface area contributed by atoms with Crippen molar-refractivity contribution < 1.29 is 4.79 Å². The second-order valence-electron chi connectivity index (χ2n) is 4.68. The molecule has 2 heterocycles. The molecule has 0 bridgehead atoms.